The second-order valence-electron chi connectivity index (χ2n) is 3.71. The van der Waals surface area contributed by atoms with Gasteiger partial charge in [0, 0.05) is 36.6 Å². The SMILES string of the molecule is COc1cc(F)c([C@@H]2CNC(=O)C2)c(F)c1. The number of nitrogens with one attached hydrogen (secondary N) is 1. The van der Waals surface area contributed by atoms with Crippen LogP contribution in [0.1, 0.15) is 17.9 Å². The number of methoxy groups -OCH3 is 1. The summed E-state index contributed by atoms with van der Waals surface area (Å²) >= 11 is 0. The minimum atomic E-state index is -0.668. The molecule has 0 bridgehead atoms. The maximum atomic E-state index is 13.6. The predicted molar refractivity (Wildman–Crippen MR) is 53.3 cm³/mol. The van der Waals surface area contributed by atoms with Crippen LogP contribution >= 0.6 is 0 Å². The summed E-state index contributed by atoms with van der Waals surface area (Å²) in [5.41, 5.74) is -0.0425. The molecule has 1 N–H and O–H groups in total. The van der Waals surface area contributed by atoms with Gasteiger partial charge in [-0.3, -0.25) is 4.79 Å². The molecule has 0 saturated carbocycles. The van der Waals surface area contributed by atoms with Gasteiger partial charge in [0.25, 0.3) is 0 Å². The van der Waals surface area contributed by atoms with Gasteiger partial charge in [0.1, 0.15) is 17.4 Å². The van der Waals surface area contributed by atoms with E-state index in [1.54, 1.807) is 0 Å². The molecule has 1 atom stereocenters. The summed E-state index contributed by atoms with van der Waals surface area (Å²) in [6.07, 6.45) is 0.125. The van der Waals surface area contributed by atoms with Crippen LogP contribution in [0.4, 0.5) is 8.78 Å². The van der Waals surface area contributed by atoms with E-state index in [9.17, 15) is 13.6 Å². The summed E-state index contributed by atoms with van der Waals surface area (Å²) in [5, 5.41) is 2.55. The van der Waals surface area contributed by atoms with E-state index >= 15 is 0 Å². The van der Waals surface area contributed by atoms with Gasteiger partial charge >= 0.3 is 0 Å². The Bertz CT molecular complexity index is 411. The van der Waals surface area contributed by atoms with Crippen LogP contribution < -0.4 is 10.1 Å². The van der Waals surface area contributed by atoms with Crippen molar-refractivity contribution >= 4 is 5.91 Å². The number of carbonyl (C=O) groups excluding carboxylic acids is 1. The molecule has 1 fully saturated rings. The molecule has 1 heterocycles. The highest BCUT2D eigenvalue weighted by atomic mass is 19.1. The molecule has 1 aromatic carbocycles. The van der Waals surface area contributed by atoms with E-state index in [0.29, 0.717) is 0 Å². The standard InChI is InChI=1S/C11H11F2NO2/c1-16-7-3-8(12)11(9(13)4-7)6-2-10(15)14-5-6/h3-4,6H,2,5H2,1H3,(H,14,15)/t6-/m0/s1. The summed E-state index contributed by atoms with van der Waals surface area (Å²) in [7, 11) is 1.34. The van der Waals surface area contributed by atoms with E-state index in [-0.39, 0.29) is 30.2 Å². The highest BCUT2D eigenvalue weighted by molar-refractivity contribution is 5.79. The van der Waals surface area contributed by atoms with Crippen LogP contribution in [0.15, 0.2) is 12.1 Å². The second-order valence-corrected chi connectivity index (χ2v) is 3.71. The first kappa shape index (κ1) is 10.9. The van der Waals surface area contributed by atoms with Crippen molar-refractivity contribution in [3.63, 3.8) is 0 Å². The summed E-state index contributed by atoms with van der Waals surface area (Å²) in [6, 6.07) is 2.25. The third-order valence-corrected chi connectivity index (χ3v) is 2.67. The van der Waals surface area contributed by atoms with Gasteiger partial charge in [0.15, 0.2) is 0 Å². The largest absolute Gasteiger partial charge is 0.497 e. The quantitative estimate of drug-likeness (QED) is 0.833. The van der Waals surface area contributed by atoms with Crippen LogP contribution in [-0.2, 0) is 4.79 Å². The molecule has 0 unspecified atom stereocenters. The van der Waals surface area contributed by atoms with E-state index in [1.165, 1.54) is 7.11 Å². The fraction of sp³-hybridized carbons (Fsp3) is 0.364. The third-order valence-electron chi connectivity index (χ3n) is 2.67. The highest BCUT2D eigenvalue weighted by Crippen LogP contribution is 2.30. The Balaban J connectivity index is 2.37. The van der Waals surface area contributed by atoms with Crippen molar-refractivity contribution in [2.24, 2.45) is 0 Å². The number of halogens is 2. The number of carbonyl (C=O) groups is 1. The van der Waals surface area contributed by atoms with Gasteiger partial charge in [-0.15, -0.1) is 0 Å². The molecule has 3 nitrogen and oxygen atoms in total. The lowest BCUT2D eigenvalue weighted by atomic mass is 9.97. The number of hydrogen-bond acceptors (Lipinski definition) is 2. The molecule has 1 aromatic rings. The Morgan fingerprint density at radius 2 is 2.00 bits per heavy atom. The van der Waals surface area contributed by atoms with Crippen molar-refractivity contribution in [1.82, 2.24) is 5.32 Å². The zero-order chi connectivity index (χ0) is 11.7. The summed E-state index contributed by atoms with van der Waals surface area (Å²) in [5.74, 6) is -1.81. The maximum Gasteiger partial charge on any atom is 0.220 e. The molecule has 1 aliphatic rings. The second kappa shape index (κ2) is 4.08. The number of rotatable bonds is 2. The Morgan fingerprint density at radius 1 is 1.38 bits per heavy atom. The van der Waals surface area contributed by atoms with E-state index in [4.69, 9.17) is 4.74 Å². The molecule has 0 aromatic heterocycles. The lowest BCUT2D eigenvalue weighted by Gasteiger charge is -2.11. The lowest BCUT2D eigenvalue weighted by molar-refractivity contribution is -0.119. The first-order valence-electron chi connectivity index (χ1n) is 4.91. The zero-order valence-electron chi connectivity index (χ0n) is 8.72. The Morgan fingerprint density at radius 3 is 2.44 bits per heavy atom. The lowest BCUT2D eigenvalue weighted by Crippen LogP contribution is -2.14. The van der Waals surface area contributed by atoms with Gasteiger partial charge in [0.2, 0.25) is 5.91 Å². The average molecular weight is 227 g/mol. The van der Waals surface area contributed by atoms with E-state index in [0.717, 1.165) is 12.1 Å². The van der Waals surface area contributed by atoms with Crippen molar-refractivity contribution in [3.05, 3.63) is 29.3 Å². The fourth-order valence-electron chi connectivity index (χ4n) is 1.88. The van der Waals surface area contributed by atoms with E-state index < -0.39 is 17.6 Å². The molecule has 0 spiro atoms. The molecule has 1 aliphatic heterocycles. The van der Waals surface area contributed by atoms with Crippen LogP contribution in [0.2, 0.25) is 0 Å². The minimum absolute atomic E-state index is 0.0425. The normalized spacial score (nSPS) is 19.7. The number of ether oxygens (including phenoxy) is 1. The van der Waals surface area contributed by atoms with Gasteiger partial charge in [-0.05, 0) is 0 Å². The van der Waals surface area contributed by atoms with Crippen molar-refractivity contribution in [2.45, 2.75) is 12.3 Å². The molecule has 86 valence electrons. The smallest absolute Gasteiger partial charge is 0.220 e. The van der Waals surface area contributed by atoms with Crippen LogP contribution in [0.5, 0.6) is 5.75 Å². The van der Waals surface area contributed by atoms with Crippen molar-refractivity contribution < 1.29 is 18.3 Å². The van der Waals surface area contributed by atoms with Crippen molar-refractivity contribution in [2.75, 3.05) is 13.7 Å². The van der Waals surface area contributed by atoms with E-state index in [2.05, 4.69) is 5.32 Å². The van der Waals surface area contributed by atoms with Gasteiger partial charge < -0.3 is 10.1 Å². The monoisotopic (exact) mass is 227 g/mol. The molecule has 2 rings (SSSR count). The number of benzene rings is 1. The average Bonchev–Trinajstić information content (AvgIpc) is 2.63. The molecular weight excluding hydrogens is 216 g/mol. The van der Waals surface area contributed by atoms with Crippen LogP contribution in [0, 0.1) is 11.6 Å². The fourth-order valence-corrected chi connectivity index (χ4v) is 1.88. The van der Waals surface area contributed by atoms with Gasteiger partial charge in [-0.1, -0.05) is 0 Å². The molecule has 0 radical (unpaired) electrons. The summed E-state index contributed by atoms with van der Waals surface area (Å²) in [6.45, 7) is 0.277. The number of hydrogen-bond donors (Lipinski definition) is 1. The minimum Gasteiger partial charge on any atom is -0.497 e. The van der Waals surface area contributed by atoms with Gasteiger partial charge in [-0.2, -0.15) is 0 Å². The highest BCUT2D eigenvalue weighted by Gasteiger charge is 2.28. The third kappa shape index (κ3) is 1.85. The summed E-state index contributed by atoms with van der Waals surface area (Å²) < 4.78 is 32.0. The number of amides is 1. The molecular formula is C11H11F2NO2. The molecule has 0 aliphatic carbocycles. The summed E-state index contributed by atoms with van der Waals surface area (Å²) in [4.78, 5) is 11.0. The Hall–Kier alpha value is -1.65. The van der Waals surface area contributed by atoms with Crippen molar-refractivity contribution in [3.8, 4) is 5.75 Å². The van der Waals surface area contributed by atoms with Crippen LogP contribution in [0.3, 0.4) is 0 Å². The van der Waals surface area contributed by atoms with Crippen molar-refractivity contribution in [1.29, 1.82) is 0 Å². The van der Waals surface area contributed by atoms with Gasteiger partial charge in [-0.25, -0.2) is 8.78 Å². The first-order chi connectivity index (χ1) is 7.61. The molecule has 1 amide bonds. The van der Waals surface area contributed by atoms with Gasteiger partial charge in [0.05, 0.1) is 7.11 Å². The van der Waals surface area contributed by atoms with Crippen LogP contribution in [0.25, 0.3) is 0 Å². The van der Waals surface area contributed by atoms with Crippen LogP contribution in [-0.4, -0.2) is 19.6 Å². The first-order valence-corrected chi connectivity index (χ1v) is 4.91. The molecule has 1 saturated heterocycles. The van der Waals surface area contributed by atoms with E-state index in [1.807, 2.05) is 0 Å². The predicted octanol–water partition coefficient (Wildman–Crippen LogP) is 1.58. The Kier molecular flexibility index (Phi) is 2.77. The Labute approximate surface area is 91.4 Å². The molecule has 16 heavy (non-hydrogen) atoms. The topological polar surface area (TPSA) is 38.3 Å². The maximum absolute atomic E-state index is 13.6. The molecule has 5 heteroatoms. The zero-order valence-corrected chi connectivity index (χ0v) is 8.72.